The van der Waals surface area contributed by atoms with Gasteiger partial charge >= 0.3 is 0 Å². The SMILES string of the molecule is COc1ccc(-c2csc(NC(=O)C(C)Sc3ccc(NC(=O)/C(=C/c4cc(OC)c(OC)c(OC)c4)NC(=O)c4ccccc4)cc3)n2)cc1OC. The van der Waals surface area contributed by atoms with E-state index < -0.39 is 17.1 Å². The highest BCUT2D eigenvalue weighted by atomic mass is 32.2. The highest BCUT2D eigenvalue weighted by Crippen LogP contribution is 2.39. The number of nitrogens with zero attached hydrogens (tertiary/aromatic N) is 1. The summed E-state index contributed by atoms with van der Waals surface area (Å²) in [6.45, 7) is 1.80. The average Bonchev–Trinajstić information content (AvgIpc) is 3.66. The van der Waals surface area contributed by atoms with Crippen LogP contribution in [-0.4, -0.2) is 63.5 Å². The van der Waals surface area contributed by atoms with Crippen LogP contribution >= 0.6 is 23.1 Å². The maximum Gasteiger partial charge on any atom is 0.272 e. The minimum Gasteiger partial charge on any atom is -0.493 e. The van der Waals surface area contributed by atoms with E-state index in [0.29, 0.717) is 56.4 Å². The van der Waals surface area contributed by atoms with Gasteiger partial charge in [-0.2, -0.15) is 0 Å². The van der Waals surface area contributed by atoms with Crippen molar-refractivity contribution < 1.29 is 38.1 Å². The van der Waals surface area contributed by atoms with Crippen LogP contribution < -0.4 is 39.6 Å². The predicted octanol–water partition coefficient (Wildman–Crippen LogP) is 7.38. The summed E-state index contributed by atoms with van der Waals surface area (Å²) in [4.78, 5) is 45.2. The van der Waals surface area contributed by atoms with Crippen molar-refractivity contribution in [1.29, 1.82) is 0 Å². The number of ether oxygens (including phenoxy) is 5. The third kappa shape index (κ3) is 9.67. The maximum atomic E-state index is 13.6. The number of methoxy groups -OCH3 is 5. The molecule has 0 radical (unpaired) electrons. The van der Waals surface area contributed by atoms with Crippen LogP contribution in [0.2, 0.25) is 0 Å². The highest BCUT2D eigenvalue weighted by molar-refractivity contribution is 8.00. The number of anilines is 2. The van der Waals surface area contributed by atoms with Gasteiger partial charge in [0, 0.05) is 27.1 Å². The van der Waals surface area contributed by atoms with E-state index in [2.05, 4.69) is 20.9 Å². The second-order valence-electron chi connectivity index (χ2n) is 11.2. The molecule has 0 bridgehead atoms. The monoisotopic (exact) mass is 754 g/mol. The number of hydrogen-bond donors (Lipinski definition) is 3. The molecule has 0 fully saturated rings. The van der Waals surface area contributed by atoms with Crippen LogP contribution in [0.25, 0.3) is 17.3 Å². The van der Waals surface area contributed by atoms with Crippen molar-refractivity contribution in [2.24, 2.45) is 0 Å². The molecule has 5 aromatic rings. The van der Waals surface area contributed by atoms with Gasteiger partial charge < -0.3 is 39.6 Å². The van der Waals surface area contributed by atoms with Gasteiger partial charge in [-0.05, 0) is 85.3 Å². The van der Waals surface area contributed by atoms with Crippen molar-refractivity contribution in [1.82, 2.24) is 10.3 Å². The summed E-state index contributed by atoms with van der Waals surface area (Å²) >= 11 is 2.68. The molecule has 0 saturated carbocycles. The average molecular weight is 755 g/mol. The third-order valence-corrected chi connectivity index (χ3v) is 9.60. The molecular formula is C39H38N4O8S2. The standard InChI is InChI=1S/C39H38N4O8S2/c1-23(36(44)43-39-42-30(22-52-39)26-12-17-31(47-2)32(21-26)48-3)53-28-15-13-27(14-16-28)40-38(46)29(41-37(45)25-10-8-7-9-11-25)18-24-19-33(49-4)35(51-6)34(20-24)50-5/h7-23H,1-6H3,(H,40,46)(H,41,45)(H,42,43,44)/b29-18-. The Morgan fingerprint density at radius 2 is 1.42 bits per heavy atom. The molecule has 1 atom stereocenters. The molecule has 0 aliphatic carbocycles. The van der Waals surface area contributed by atoms with Gasteiger partial charge in [0.25, 0.3) is 11.8 Å². The molecule has 0 spiro atoms. The van der Waals surface area contributed by atoms with Crippen molar-refractivity contribution in [3.05, 3.63) is 107 Å². The lowest BCUT2D eigenvalue weighted by Crippen LogP contribution is -2.30. The molecule has 0 saturated heterocycles. The Balaban J connectivity index is 1.26. The Morgan fingerprint density at radius 3 is 2.04 bits per heavy atom. The minimum absolute atomic E-state index is 0.0201. The smallest absolute Gasteiger partial charge is 0.272 e. The molecule has 53 heavy (non-hydrogen) atoms. The first-order valence-electron chi connectivity index (χ1n) is 16.1. The first-order chi connectivity index (χ1) is 25.7. The number of thioether (sulfide) groups is 1. The number of carbonyl (C=O) groups is 3. The fourth-order valence-corrected chi connectivity index (χ4v) is 6.62. The van der Waals surface area contributed by atoms with Crippen LogP contribution in [-0.2, 0) is 9.59 Å². The number of rotatable bonds is 15. The summed E-state index contributed by atoms with van der Waals surface area (Å²) < 4.78 is 27.0. The normalized spacial score (nSPS) is 11.5. The van der Waals surface area contributed by atoms with E-state index in [1.54, 1.807) is 93.9 Å². The summed E-state index contributed by atoms with van der Waals surface area (Å²) in [5, 5.41) is 10.3. The van der Waals surface area contributed by atoms with Crippen LogP contribution in [0, 0.1) is 0 Å². The van der Waals surface area contributed by atoms with Gasteiger partial charge in [0.15, 0.2) is 28.1 Å². The molecule has 274 valence electrons. The number of benzene rings is 4. The second-order valence-corrected chi connectivity index (χ2v) is 13.4. The lowest BCUT2D eigenvalue weighted by molar-refractivity contribution is -0.115. The highest BCUT2D eigenvalue weighted by Gasteiger charge is 2.20. The molecule has 0 aliphatic rings. The number of carbonyl (C=O) groups excluding carboxylic acids is 3. The van der Waals surface area contributed by atoms with Gasteiger partial charge in [-0.25, -0.2) is 4.98 Å². The third-order valence-electron chi connectivity index (χ3n) is 7.73. The van der Waals surface area contributed by atoms with Crippen molar-refractivity contribution in [3.63, 3.8) is 0 Å². The van der Waals surface area contributed by atoms with Crippen molar-refractivity contribution in [2.45, 2.75) is 17.1 Å². The molecule has 1 aromatic heterocycles. The number of thiazole rings is 1. The van der Waals surface area contributed by atoms with E-state index in [4.69, 9.17) is 23.7 Å². The Labute approximate surface area is 315 Å². The van der Waals surface area contributed by atoms with Gasteiger partial charge in [0.2, 0.25) is 11.7 Å². The number of nitrogens with one attached hydrogen (secondary N) is 3. The summed E-state index contributed by atoms with van der Waals surface area (Å²) in [5.41, 5.74) is 2.89. The van der Waals surface area contributed by atoms with Crippen LogP contribution in [0.15, 0.2) is 101 Å². The van der Waals surface area contributed by atoms with Crippen LogP contribution in [0.4, 0.5) is 10.8 Å². The molecule has 0 aliphatic heterocycles. The molecule has 3 amide bonds. The molecule has 12 nitrogen and oxygen atoms in total. The van der Waals surface area contributed by atoms with E-state index in [1.807, 2.05) is 17.5 Å². The van der Waals surface area contributed by atoms with Crippen molar-refractivity contribution in [3.8, 4) is 40.0 Å². The zero-order valence-corrected chi connectivity index (χ0v) is 31.5. The van der Waals surface area contributed by atoms with E-state index in [-0.39, 0.29) is 11.6 Å². The number of amides is 3. The first-order valence-corrected chi connectivity index (χ1v) is 17.9. The number of aromatic nitrogens is 1. The molecule has 4 aromatic carbocycles. The summed E-state index contributed by atoms with van der Waals surface area (Å²) in [6.07, 6.45) is 1.52. The Hall–Kier alpha value is -5.99. The Kier molecular flexibility index (Phi) is 13.0. The largest absolute Gasteiger partial charge is 0.493 e. The Bertz CT molecular complexity index is 2080. The fraction of sp³-hybridized carbons (Fsp3) is 0.179. The van der Waals surface area contributed by atoms with Gasteiger partial charge in [-0.1, -0.05) is 18.2 Å². The summed E-state index contributed by atoms with van der Waals surface area (Å²) in [7, 11) is 7.62. The van der Waals surface area contributed by atoms with Crippen LogP contribution in [0.1, 0.15) is 22.8 Å². The zero-order valence-electron chi connectivity index (χ0n) is 29.8. The van der Waals surface area contributed by atoms with Crippen molar-refractivity contribution >= 4 is 57.7 Å². The molecule has 14 heteroatoms. The van der Waals surface area contributed by atoms with E-state index in [9.17, 15) is 14.4 Å². The molecular weight excluding hydrogens is 717 g/mol. The van der Waals surface area contributed by atoms with E-state index in [0.717, 1.165) is 10.5 Å². The Morgan fingerprint density at radius 1 is 0.755 bits per heavy atom. The summed E-state index contributed by atoms with van der Waals surface area (Å²) in [6, 6.07) is 24.4. The lowest BCUT2D eigenvalue weighted by atomic mass is 10.1. The van der Waals surface area contributed by atoms with Crippen molar-refractivity contribution in [2.75, 3.05) is 46.2 Å². The predicted molar refractivity (Wildman–Crippen MR) is 208 cm³/mol. The maximum absolute atomic E-state index is 13.6. The quantitative estimate of drug-likeness (QED) is 0.0731. The molecule has 3 N–H and O–H groups in total. The van der Waals surface area contributed by atoms with E-state index in [1.165, 1.54) is 50.5 Å². The van der Waals surface area contributed by atoms with Gasteiger partial charge in [0.1, 0.15) is 5.70 Å². The van der Waals surface area contributed by atoms with E-state index >= 15 is 0 Å². The molecule has 1 heterocycles. The first kappa shape index (κ1) is 38.2. The topological polar surface area (TPSA) is 146 Å². The van der Waals surface area contributed by atoms with Gasteiger partial charge in [-0.15, -0.1) is 23.1 Å². The second kappa shape index (κ2) is 18.0. The minimum atomic E-state index is -0.563. The van der Waals surface area contributed by atoms with Gasteiger partial charge in [-0.3, -0.25) is 14.4 Å². The number of hydrogen-bond acceptors (Lipinski definition) is 11. The van der Waals surface area contributed by atoms with Gasteiger partial charge in [0.05, 0.1) is 46.5 Å². The molecule has 5 rings (SSSR count). The van der Waals surface area contributed by atoms with Crippen LogP contribution in [0.5, 0.6) is 28.7 Å². The van der Waals surface area contributed by atoms with Crippen LogP contribution in [0.3, 0.4) is 0 Å². The summed E-state index contributed by atoms with van der Waals surface area (Å²) in [5.74, 6) is 1.11. The zero-order chi connectivity index (χ0) is 37.9. The lowest BCUT2D eigenvalue weighted by Gasteiger charge is -2.15. The fourth-order valence-electron chi connectivity index (χ4n) is 5.03. The molecule has 1 unspecified atom stereocenters.